The molecule has 0 unspecified atom stereocenters. The fourth-order valence-electron chi connectivity index (χ4n) is 3.63. The zero-order valence-corrected chi connectivity index (χ0v) is 17.7. The van der Waals surface area contributed by atoms with Gasteiger partial charge in [-0.3, -0.25) is 4.90 Å². The van der Waals surface area contributed by atoms with Gasteiger partial charge in [-0.2, -0.15) is 0 Å². The molecular formula is C23H26ClN3O2. The Kier molecular flexibility index (Phi) is 6.07. The Morgan fingerprint density at radius 3 is 2.66 bits per heavy atom. The molecule has 152 valence electrons. The Morgan fingerprint density at radius 1 is 1.07 bits per heavy atom. The van der Waals surface area contributed by atoms with E-state index < -0.39 is 0 Å². The van der Waals surface area contributed by atoms with E-state index in [0.717, 1.165) is 61.1 Å². The first kappa shape index (κ1) is 19.8. The lowest BCUT2D eigenvalue weighted by Gasteiger charge is -2.19. The van der Waals surface area contributed by atoms with Crippen molar-refractivity contribution in [1.82, 2.24) is 14.5 Å². The zero-order chi connectivity index (χ0) is 20.2. The van der Waals surface area contributed by atoms with Crippen LogP contribution in [0, 0.1) is 0 Å². The van der Waals surface area contributed by atoms with Gasteiger partial charge >= 0.3 is 0 Å². The van der Waals surface area contributed by atoms with Gasteiger partial charge in [0.05, 0.1) is 5.69 Å². The fraction of sp³-hybridized carbons (Fsp3) is 0.348. The minimum Gasteiger partial charge on any atom is -0.454 e. The van der Waals surface area contributed by atoms with Crippen LogP contribution in [-0.4, -0.2) is 28.3 Å². The van der Waals surface area contributed by atoms with Gasteiger partial charge in [0.1, 0.15) is 5.82 Å². The normalized spacial score (nSPS) is 12.7. The number of nitrogens with zero attached hydrogens (tertiary/aromatic N) is 3. The number of fused-ring (bicyclic) bond motifs is 1. The molecule has 4 rings (SSSR count). The summed E-state index contributed by atoms with van der Waals surface area (Å²) >= 11 is 6.61. The topological polar surface area (TPSA) is 39.5 Å². The number of imidazole rings is 1. The molecular weight excluding hydrogens is 386 g/mol. The van der Waals surface area contributed by atoms with Crippen molar-refractivity contribution in [3.63, 3.8) is 0 Å². The fourth-order valence-corrected chi connectivity index (χ4v) is 3.88. The van der Waals surface area contributed by atoms with Crippen LogP contribution in [0.25, 0.3) is 11.4 Å². The average molecular weight is 412 g/mol. The summed E-state index contributed by atoms with van der Waals surface area (Å²) < 4.78 is 13.2. The molecule has 6 heteroatoms. The number of unbranched alkanes of at least 4 members (excludes halogenated alkanes) is 1. The van der Waals surface area contributed by atoms with Crippen molar-refractivity contribution in [2.24, 2.45) is 0 Å². The highest BCUT2D eigenvalue weighted by molar-refractivity contribution is 6.30. The minimum absolute atomic E-state index is 0.295. The first-order valence-corrected chi connectivity index (χ1v) is 10.4. The van der Waals surface area contributed by atoms with E-state index in [0.29, 0.717) is 11.9 Å². The Labute approximate surface area is 176 Å². The van der Waals surface area contributed by atoms with E-state index >= 15 is 0 Å². The van der Waals surface area contributed by atoms with Crippen LogP contribution >= 0.6 is 11.6 Å². The number of ether oxygens (including phenoxy) is 2. The SMILES string of the molecule is CCCCn1c(-c2ccccc2)nc(Cl)c1CN(C)Cc1ccc2c(c1)OCO2. The summed E-state index contributed by atoms with van der Waals surface area (Å²) in [6.07, 6.45) is 2.21. The number of rotatable bonds is 8. The van der Waals surface area contributed by atoms with Gasteiger partial charge in [-0.05, 0) is 31.2 Å². The standard InChI is InChI=1S/C23H26ClN3O2/c1-3-4-12-27-19(22(24)25-23(27)18-8-6-5-7-9-18)15-26(2)14-17-10-11-20-21(13-17)29-16-28-20/h5-11,13H,3-4,12,14-16H2,1-2H3. The van der Waals surface area contributed by atoms with Gasteiger partial charge in [0, 0.05) is 25.2 Å². The highest BCUT2D eigenvalue weighted by atomic mass is 35.5. The lowest BCUT2D eigenvalue weighted by Crippen LogP contribution is -2.20. The molecule has 0 amide bonds. The molecule has 1 aliphatic heterocycles. The maximum atomic E-state index is 6.61. The first-order chi connectivity index (χ1) is 14.2. The molecule has 2 aromatic carbocycles. The Balaban J connectivity index is 1.56. The Bertz CT molecular complexity index is 972. The quantitative estimate of drug-likeness (QED) is 0.500. The van der Waals surface area contributed by atoms with E-state index in [4.69, 9.17) is 26.1 Å². The van der Waals surface area contributed by atoms with Crippen molar-refractivity contribution in [3.8, 4) is 22.9 Å². The molecule has 1 aromatic heterocycles. The third-order valence-corrected chi connectivity index (χ3v) is 5.40. The summed E-state index contributed by atoms with van der Waals surface area (Å²) in [4.78, 5) is 6.95. The number of hydrogen-bond donors (Lipinski definition) is 0. The Morgan fingerprint density at radius 2 is 1.86 bits per heavy atom. The smallest absolute Gasteiger partial charge is 0.231 e. The van der Waals surface area contributed by atoms with Crippen molar-refractivity contribution >= 4 is 11.6 Å². The lowest BCUT2D eigenvalue weighted by molar-refractivity contribution is 0.174. The number of aromatic nitrogens is 2. The van der Waals surface area contributed by atoms with Crippen molar-refractivity contribution < 1.29 is 9.47 Å². The second-order valence-corrected chi connectivity index (χ2v) is 7.76. The van der Waals surface area contributed by atoms with Crippen molar-refractivity contribution in [2.45, 2.75) is 39.4 Å². The lowest BCUT2D eigenvalue weighted by atomic mass is 10.2. The first-order valence-electron chi connectivity index (χ1n) is 10.0. The van der Waals surface area contributed by atoms with Crippen LogP contribution in [0.2, 0.25) is 5.15 Å². The summed E-state index contributed by atoms with van der Waals surface area (Å²) in [5, 5.41) is 0.581. The molecule has 0 saturated carbocycles. The summed E-state index contributed by atoms with van der Waals surface area (Å²) in [6, 6.07) is 16.4. The van der Waals surface area contributed by atoms with Gasteiger partial charge in [-0.1, -0.05) is 61.3 Å². The van der Waals surface area contributed by atoms with Crippen molar-refractivity contribution in [1.29, 1.82) is 0 Å². The molecule has 1 aliphatic rings. The molecule has 0 N–H and O–H groups in total. The molecule has 5 nitrogen and oxygen atoms in total. The summed E-state index contributed by atoms with van der Waals surface area (Å²) in [7, 11) is 2.10. The predicted molar refractivity (Wildman–Crippen MR) is 115 cm³/mol. The van der Waals surface area contributed by atoms with Gasteiger partial charge in [0.25, 0.3) is 0 Å². The molecule has 0 aliphatic carbocycles. The maximum absolute atomic E-state index is 6.61. The van der Waals surface area contributed by atoms with Gasteiger partial charge in [0.15, 0.2) is 16.7 Å². The third kappa shape index (κ3) is 4.41. The highest BCUT2D eigenvalue weighted by Gasteiger charge is 2.19. The van der Waals surface area contributed by atoms with Crippen LogP contribution in [0.4, 0.5) is 0 Å². The second kappa shape index (κ2) is 8.89. The maximum Gasteiger partial charge on any atom is 0.231 e. The summed E-state index contributed by atoms with van der Waals surface area (Å²) in [5.74, 6) is 2.56. The third-order valence-electron chi connectivity index (χ3n) is 5.10. The largest absolute Gasteiger partial charge is 0.454 e. The molecule has 3 aromatic rings. The van der Waals surface area contributed by atoms with Gasteiger partial charge in [-0.15, -0.1) is 0 Å². The minimum atomic E-state index is 0.295. The Hall–Kier alpha value is -2.50. The van der Waals surface area contributed by atoms with Crippen LogP contribution in [0.5, 0.6) is 11.5 Å². The van der Waals surface area contributed by atoms with E-state index in [9.17, 15) is 0 Å². The highest BCUT2D eigenvalue weighted by Crippen LogP contribution is 2.33. The molecule has 0 atom stereocenters. The van der Waals surface area contributed by atoms with E-state index in [1.54, 1.807) is 0 Å². The molecule has 29 heavy (non-hydrogen) atoms. The van der Waals surface area contributed by atoms with Gasteiger partial charge in [-0.25, -0.2) is 4.98 Å². The second-order valence-electron chi connectivity index (χ2n) is 7.40. The van der Waals surface area contributed by atoms with Crippen LogP contribution in [0.3, 0.4) is 0 Å². The summed E-state index contributed by atoms with van der Waals surface area (Å²) in [5.41, 5.74) is 3.33. The van der Waals surface area contributed by atoms with E-state index in [-0.39, 0.29) is 0 Å². The van der Waals surface area contributed by atoms with E-state index in [1.807, 2.05) is 30.3 Å². The van der Waals surface area contributed by atoms with Gasteiger partial charge in [0.2, 0.25) is 6.79 Å². The van der Waals surface area contributed by atoms with Crippen LogP contribution in [0.15, 0.2) is 48.5 Å². The molecule has 0 spiro atoms. The number of benzene rings is 2. The average Bonchev–Trinajstić information content (AvgIpc) is 3.31. The molecule has 2 heterocycles. The van der Waals surface area contributed by atoms with Crippen molar-refractivity contribution in [3.05, 3.63) is 64.9 Å². The molecule has 0 radical (unpaired) electrons. The summed E-state index contributed by atoms with van der Waals surface area (Å²) in [6.45, 7) is 4.91. The molecule has 0 fully saturated rings. The van der Waals surface area contributed by atoms with E-state index in [1.165, 1.54) is 5.56 Å². The molecule has 0 bridgehead atoms. The zero-order valence-electron chi connectivity index (χ0n) is 16.9. The number of halogens is 1. The van der Waals surface area contributed by atoms with Gasteiger partial charge < -0.3 is 14.0 Å². The van der Waals surface area contributed by atoms with Crippen molar-refractivity contribution in [2.75, 3.05) is 13.8 Å². The van der Waals surface area contributed by atoms with Crippen LogP contribution < -0.4 is 9.47 Å². The van der Waals surface area contributed by atoms with Crippen LogP contribution in [-0.2, 0) is 19.6 Å². The monoisotopic (exact) mass is 411 g/mol. The van der Waals surface area contributed by atoms with Crippen LogP contribution in [0.1, 0.15) is 31.0 Å². The predicted octanol–water partition coefficient (Wildman–Crippen LogP) is 5.36. The molecule has 0 saturated heterocycles. The number of hydrogen-bond acceptors (Lipinski definition) is 4. The van der Waals surface area contributed by atoms with E-state index in [2.05, 4.69) is 41.6 Å².